The molecule has 2 aromatic heterocycles. The number of thiazole rings is 1. The maximum absolute atomic E-state index is 12.3. The van der Waals surface area contributed by atoms with Gasteiger partial charge < -0.3 is 4.90 Å². The summed E-state index contributed by atoms with van der Waals surface area (Å²) in [5.41, 5.74) is 2.16. The number of anilines is 1. The van der Waals surface area contributed by atoms with Crippen LogP contribution < -0.4 is 5.32 Å². The number of nitrogens with one attached hydrogen (secondary N) is 1. The summed E-state index contributed by atoms with van der Waals surface area (Å²) in [6.45, 7) is 3.97. The van der Waals surface area contributed by atoms with Gasteiger partial charge in [0.1, 0.15) is 5.01 Å². The second-order valence-corrected chi connectivity index (χ2v) is 8.56. The monoisotopic (exact) mass is 418 g/mol. The predicted molar refractivity (Wildman–Crippen MR) is 113 cm³/mol. The number of carbonyl (C=O) groups is 1. The minimum absolute atomic E-state index is 0.0178. The van der Waals surface area contributed by atoms with Crippen molar-refractivity contribution in [2.75, 3.05) is 31.5 Å². The number of hydrogen-bond acceptors (Lipinski definition) is 5. The van der Waals surface area contributed by atoms with Gasteiger partial charge >= 0.3 is 6.03 Å². The number of rotatable bonds is 4. The highest BCUT2D eigenvalue weighted by Crippen LogP contribution is 2.25. The molecule has 1 aromatic carbocycles. The smallest absolute Gasteiger partial charge is 0.322 e. The van der Waals surface area contributed by atoms with Gasteiger partial charge in [-0.05, 0) is 29.6 Å². The van der Waals surface area contributed by atoms with Gasteiger partial charge in [-0.3, -0.25) is 10.2 Å². The molecular formula is C19H19ClN4OS2. The Morgan fingerprint density at radius 3 is 2.59 bits per heavy atom. The van der Waals surface area contributed by atoms with Gasteiger partial charge in [0.05, 0.1) is 10.7 Å². The summed E-state index contributed by atoms with van der Waals surface area (Å²) in [4.78, 5) is 21.3. The largest absolute Gasteiger partial charge is 0.322 e. The molecule has 1 fully saturated rings. The predicted octanol–water partition coefficient (Wildman–Crippen LogP) is 4.87. The lowest BCUT2D eigenvalue weighted by Crippen LogP contribution is -2.49. The van der Waals surface area contributed by atoms with Crippen LogP contribution in [0.4, 0.5) is 9.80 Å². The first-order chi connectivity index (χ1) is 13.2. The molecule has 1 aliphatic heterocycles. The van der Waals surface area contributed by atoms with Crippen molar-refractivity contribution in [1.82, 2.24) is 14.8 Å². The molecule has 27 heavy (non-hydrogen) atoms. The minimum atomic E-state index is -0.0178. The number of benzene rings is 1. The van der Waals surface area contributed by atoms with Gasteiger partial charge in [0.25, 0.3) is 0 Å². The van der Waals surface area contributed by atoms with Gasteiger partial charge in [0, 0.05) is 48.7 Å². The number of aromatic nitrogens is 1. The molecule has 0 spiro atoms. The van der Waals surface area contributed by atoms with Crippen molar-refractivity contribution in [3.05, 3.63) is 57.9 Å². The second-order valence-electron chi connectivity index (χ2n) is 6.32. The van der Waals surface area contributed by atoms with Crippen LogP contribution in [-0.2, 0) is 6.54 Å². The van der Waals surface area contributed by atoms with E-state index in [2.05, 4.69) is 15.6 Å². The molecule has 0 atom stereocenters. The summed E-state index contributed by atoms with van der Waals surface area (Å²) in [6.07, 6.45) is 0. The van der Waals surface area contributed by atoms with Crippen LogP contribution in [0.25, 0.3) is 10.6 Å². The van der Waals surface area contributed by atoms with E-state index in [0.29, 0.717) is 0 Å². The summed E-state index contributed by atoms with van der Waals surface area (Å²) in [5, 5.41) is 9.65. The van der Waals surface area contributed by atoms with Crippen LogP contribution in [0.1, 0.15) is 5.69 Å². The third kappa shape index (κ3) is 4.68. The highest BCUT2D eigenvalue weighted by molar-refractivity contribution is 7.14. The quantitative estimate of drug-likeness (QED) is 0.657. The summed E-state index contributed by atoms with van der Waals surface area (Å²) >= 11 is 9.14. The van der Waals surface area contributed by atoms with E-state index in [1.807, 2.05) is 46.7 Å². The fourth-order valence-corrected chi connectivity index (χ4v) is 4.53. The summed E-state index contributed by atoms with van der Waals surface area (Å²) in [7, 11) is 0. The average Bonchev–Trinajstić information content (AvgIpc) is 3.35. The van der Waals surface area contributed by atoms with Crippen molar-refractivity contribution in [3.63, 3.8) is 0 Å². The molecule has 3 aromatic rings. The first-order valence-corrected chi connectivity index (χ1v) is 10.8. The topological polar surface area (TPSA) is 48.5 Å². The standard InChI is InChI=1S/C19H19ClN4OS2/c20-15-5-3-14(4-6-15)18-21-16(13-27-18)12-23-7-9-24(10-8-23)19(25)22-17-2-1-11-26-17/h1-6,11,13H,7-10,12H2,(H,22,25). The van der Waals surface area contributed by atoms with Gasteiger partial charge in [0.15, 0.2) is 0 Å². The van der Waals surface area contributed by atoms with E-state index in [9.17, 15) is 4.79 Å². The fraction of sp³-hybridized carbons (Fsp3) is 0.263. The first-order valence-electron chi connectivity index (χ1n) is 8.69. The lowest BCUT2D eigenvalue weighted by Gasteiger charge is -2.34. The molecule has 0 bridgehead atoms. The van der Waals surface area contributed by atoms with Gasteiger partial charge in [0.2, 0.25) is 0 Å². The number of thiophene rings is 1. The Hall–Kier alpha value is -1.93. The van der Waals surface area contributed by atoms with E-state index in [-0.39, 0.29) is 6.03 Å². The Balaban J connectivity index is 1.29. The highest BCUT2D eigenvalue weighted by Gasteiger charge is 2.22. The second kappa shape index (κ2) is 8.39. The Labute approximate surface area is 171 Å². The van der Waals surface area contributed by atoms with Crippen molar-refractivity contribution in [1.29, 1.82) is 0 Å². The Morgan fingerprint density at radius 2 is 1.89 bits per heavy atom. The molecule has 8 heteroatoms. The molecule has 0 unspecified atom stereocenters. The molecule has 0 saturated carbocycles. The van der Waals surface area contributed by atoms with Crippen molar-refractivity contribution < 1.29 is 4.79 Å². The van der Waals surface area contributed by atoms with Crippen molar-refractivity contribution in [3.8, 4) is 10.6 Å². The summed E-state index contributed by atoms with van der Waals surface area (Å²) in [6, 6.07) is 11.6. The minimum Gasteiger partial charge on any atom is -0.322 e. The molecule has 3 heterocycles. The zero-order valence-electron chi connectivity index (χ0n) is 14.6. The summed E-state index contributed by atoms with van der Waals surface area (Å²) in [5.74, 6) is 0. The van der Waals surface area contributed by atoms with Gasteiger partial charge in [-0.2, -0.15) is 0 Å². The molecule has 4 rings (SSSR count). The number of urea groups is 1. The van der Waals surface area contributed by atoms with Crippen molar-refractivity contribution in [2.45, 2.75) is 6.54 Å². The zero-order valence-corrected chi connectivity index (χ0v) is 17.0. The molecule has 0 radical (unpaired) electrons. The van der Waals surface area contributed by atoms with Crippen molar-refractivity contribution in [2.24, 2.45) is 0 Å². The van der Waals surface area contributed by atoms with Gasteiger partial charge in [-0.15, -0.1) is 22.7 Å². The van der Waals surface area contributed by atoms with Gasteiger partial charge in [-0.25, -0.2) is 9.78 Å². The van der Waals surface area contributed by atoms with E-state index in [1.165, 1.54) is 11.3 Å². The molecule has 140 valence electrons. The molecule has 1 aliphatic rings. The molecule has 0 aliphatic carbocycles. The Bertz CT molecular complexity index is 887. The van der Waals surface area contributed by atoms with E-state index < -0.39 is 0 Å². The number of amides is 2. The lowest BCUT2D eigenvalue weighted by molar-refractivity contribution is 0.142. The van der Waals surface area contributed by atoms with E-state index in [1.54, 1.807) is 11.3 Å². The third-order valence-electron chi connectivity index (χ3n) is 4.44. The maximum atomic E-state index is 12.3. The first kappa shape index (κ1) is 18.4. The normalized spacial score (nSPS) is 15.1. The molecule has 1 N–H and O–H groups in total. The van der Waals surface area contributed by atoms with E-state index in [4.69, 9.17) is 16.6 Å². The van der Waals surface area contributed by atoms with Crippen LogP contribution in [0.2, 0.25) is 5.02 Å². The molecular weight excluding hydrogens is 400 g/mol. The molecule has 5 nitrogen and oxygen atoms in total. The number of carbonyl (C=O) groups excluding carboxylic acids is 1. The SMILES string of the molecule is O=C(Nc1cccs1)N1CCN(Cc2csc(-c3ccc(Cl)cc3)n2)CC1. The van der Waals surface area contributed by atoms with Crippen LogP contribution in [0.3, 0.4) is 0 Å². The summed E-state index contributed by atoms with van der Waals surface area (Å²) < 4.78 is 0. The number of piperazine rings is 1. The molecule has 1 saturated heterocycles. The van der Waals surface area contributed by atoms with Crippen LogP contribution in [0.15, 0.2) is 47.2 Å². The number of hydrogen-bond donors (Lipinski definition) is 1. The lowest BCUT2D eigenvalue weighted by atomic mass is 10.2. The van der Waals surface area contributed by atoms with Gasteiger partial charge in [-0.1, -0.05) is 23.7 Å². The van der Waals surface area contributed by atoms with Crippen LogP contribution >= 0.6 is 34.3 Å². The molecule has 2 amide bonds. The van der Waals surface area contributed by atoms with Crippen LogP contribution in [0, 0.1) is 0 Å². The highest BCUT2D eigenvalue weighted by atomic mass is 35.5. The third-order valence-corrected chi connectivity index (χ3v) is 6.42. The van der Waals surface area contributed by atoms with Crippen LogP contribution in [-0.4, -0.2) is 47.0 Å². The average molecular weight is 419 g/mol. The Kier molecular flexibility index (Phi) is 5.73. The maximum Gasteiger partial charge on any atom is 0.322 e. The number of halogens is 1. The van der Waals surface area contributed by atoms with Crippen LogP contribution in [0.5, 0.6) is 0 Å². The number of nitrogens with zero attached hydrogens (tertiary/aromatic N) is 3. The van der Waals surface area contributed by atoms with Crippen molar-refractivity contribution >= 4 is 45.3 Å². The van der Waals surface area contributed by atoms with E-state index >= 15 is 0 Å². The zero-order chi connectivity index (χ0) is 18.6. The fourth-order valence-electron chi connectivity index (χ4n) is 2.98. The Morgan fingerprint density at radius 1 is 1.11 bits per heavy atom. The van der Waals surface area contributed by atoms with E-state index in [0.717, 1.165) is 59.0 Å².